The van der Waals surface area contributed by atoms with Crippen LogP contribution >= 0.6 is 17.0 Å². The van der Waals surface area contributed by atoms with Crippen LogP contribution in [0.5, 0.6) is 0 Å². The third-order valence-corrected chi connectivity index (χ3v) is 4.26. The Hall–Kier alpha value is -1.07. The summed E-state index contributed by atoms with van der Waals surface area (Å²) in [7, 11) is 0. The average molecular weight is 354 g/mol. The van der Waals surface area contributed by atoms with Crippen molar-refractivity contribution in [3.8, 4) is 0 Å². The molecule has 21 heavy (non-hydrogen) atoms. The SMILES string of the molecule is Br.CCCN(CCC)[C@@H]1Cc2cccc3[nH]c(=O)n(c23)C1. The lowest BCUT2D eigenvalue weighted by molar-refractivity contribution is 0.173. The number of hydrogen-bond acceptors (Lipinski definition) is 2. The molecule has 1 aliphatic rings. The zero-order valence-electron chi connectivity index (χ0n) is 12.8. The standard InChI is InChI=1S/C16H23N3O.BrH/c1-3-8-18(9-4-2)13-10-12-6-5-7-14-15(12)19(11-13)16(20)17-14;/h5-7,13H,3-4,8-11H2,1-2H3,(H,17,20);1H/t13-;/m1./s1. The molecule has 0 aliphatic carbocycles. The van der Waals surface area contributed by atoms with Crippen molar-refractivity contribution in [1.29, 1.82) is 0 Å². The van der Waals surface area contributed by atoms with Crippen LogP contribution in [0, 0.1) is 0 Å². The fourth-order valence-electron chi connectivity index (χ4n) is 3.46. The molecule has 0 saturated heterocycles. The van der Waals surface area contributed by atoms with Crippen molar-refractivity contribution in [2.45, 2.75) is 45.7 Å². The van der Waals surface area contributed by atoms with E-state index in [9.17, 15) is 4.79 Å². The summed E-state index contributed by atoms with van der Waals surface area (Å²) in [5.74, 6) is 0. The highest BCUT2D eigenvalue weighted by Gasteiger charge is 2.26. The minimum atomic E-state index is 0. The summed E-state index contributed by atoms with van der Waals surface area (Å²) in [6.45, 7) is 7.49. The van der Waals surface area contributed by atoms with Gasteiger partial charge in [-0.1, -0.05) is 26.0 Å². The molecule has 2 aromatic rings. The molecule has 0 amide bonds. The number of nitrogens with zero attached hydrogens (tertiary/aromatic N) is 2. The van der Waals surface area contributed by atoms with Crippen LogP contribution in [0.1, 0.15) is 32.3 Å². The van der Waals surface area contributed by atoms with E-state index in [-0.39, 0.29) is 22.7 Å². The van der Waals surface area contributed by atoms with Gasteiger partial charge in [0.05, 0.1) is 11.0 Å². The highest BCUT2D eigenvalue weighted by Crippen LogP contribution is 2.25. The Balaban J connectivity index is 0.00000161. The van der Waals surface area contributed by atoms with Crippen LogP contribution in [0.3, 0.4) is 0 Å². The number of aromatic amines is 1. The Kier molecular flexibility index (Phi) is 5.27. The van der Waals surface area contributed by atoms with Crippen LogP contribution in [-0.4, -0.2) is 33.6 Å². The third kappa shape index (κ3) is 2.94. The Morgan fingerprint density at radius 3 is 2.67 bits per heavy atom. The summed E-state index contributed by atoms with van der Waals surface area (Å²) in [6, 6.07) is 6.65. The van der Waals surface area contributed by atoms with Crippen molar-refractivity contribution in [3.63, 3.8) is 0 Å². The molecular weight excluding hydrogens is 330 g/mol. The van der Waals surface area contributed by atoms with Gasteiger partial charge in [0.25, 0.3) is 0 Å². The van der Waals surface area contributed by atoms with E-state index in [1.165, 1.54) is 5.56 Å². The second-order valence-electron chi connectivity index (χ2n) is 5.75. The summed E-state index contributed by atoms with van der Waals surface area (Å²) < 4.78 is 1.93. The molecule has 0 saturated carbocycles. The molecule has 5 heteroatoms. The smallest absolute Gasteiger partial charge is 0.306 e. The number of halogens is 1. The highest BCUT2D eigenvalue weighted by atomic mass is 79.9. The number of nitrogens with one attached hydrogen (secondary N) is 1. The van der Waals surface area contributed by atoms with Gasteiger partial charge in [-0.3, -0.25) is 9.47 Å². The number of para-hydroxylation sites is 1. The van der Waals surface area contributed by atoms with Crippen molar-refractivity contribution in [2.24, 2.45) is 0 Å². The molecule has 116 valence electrons. The zero-order chi connectivity index (χ0) is 14.1. The number of hydrogen-bond donors (Lipinski definition) is 1. The van der Waals surface area contributed by atoms with Gasteiger partial charge in [-0.05, 0) is 44.0 Å². The molecule has 0 radical (unpaired) electrons. The Bertz CT molecular complexity index is 655. The zero-order valence-corrected chi connectivity index (χ0v) is 14.5. The number of H-pyrrole nitrogens is 1. The van der Waals surface area contributed by atoms with Gasteiger partial charge in [-0.2, -0.15) is 0 Å². The van der Waals surface area contributed by atoms with Crippen LogP contribution in [0.15, 0.2) is 23.0 Å². The molecule has 1 atom stereocenters. The monoisotopic (exact) mass is 353 g/mol. The molecule has 1 N–H and O–H groups in total. The normalized spacial score (nSPS) is 17.2. The van der Waals surface area contributed by atoms with E-state index >= 15 is 0 Å². The first kappa shape index (κ1) is 16.3. The lowest BCUT2D eigenvalue weighted by atomic mass is 9.99. The first-order chi connectivity index (χ1) is 9.74. The lowest BCUT2D eigenvalue weighted by Gasteiger charge is -2.34. The van der Waals surface area contributed by atoms with Crippen LogP contribution in [0.4, 0.5) is 0 Å². The van der Waals surface area contributed by atoms with Crippen molar-refractivity contribution in [2.75, 3.05) is 13.1 Å². The van der Waals surface area contributed by atoms with Crippen LogP contribution in [0.25, 0.3) is 11.0 Å². The summed E-state index contributed by atoms with van der Waals surface area (Å²) >= 11 is 0. The Morgan fingerprint density at radius 1 is 1.29 bits per heavy atom. The van der Waals surface area contributed by atoms with Gasteiger partial charge in [0.2, 0.25) is 0 Å². The summed E-state index contributed by atoms with van der Waals surface area (Å²) in [5, 5.41) is 0. The minimum absolute atomic E-state index is 0. The topological polar surface area (TPSA) is 41.0 Å². The minimum Gasteiger partial charge on any atom is -0.306 e. The lowest BCUT2D eigenvalue weighted by Crippen LogP contribution is -2.44. The number of rotatable bonds is 5. The van der Waals surface area contributed by atoms with Gasteiger partial charge in [0.15, 0.2) is 0 Å². The fraction of sp³-hybridized carbons (Fsp3) is 0.562. The van der Waals surface area contributed by atoms with Gasteiger partial charge in [0.1, 0.15) is 0 Å². The van der Waals surface area contributed by atoms with E-state index in [0.717, 1.165) is 49.9 Å². The third-order valence-electron chi connectivity index (χ3n) is 4.26. The molecule has 1 aliphatic heterocycles. The van der Waals surface area contributed by atoms with E-state index in [0.29, 0.717) is 6.04 Å². The van der Waals surface area contributed by atoms with E-state index in [1.54, 1.807) is 0 Å². The molecule has 2 heterocycles. The van der Waals surface area contributed by atoms with Crippen molar-refractivity contribution in [3.05, 3.63) is 34.2 Å². The van der Waals surface area contributed by atoms with E-state index in [2.05, 4.69) is 29.8 Å². The average Bonchev–Trinajstić information content (AvgIpc) is 2.77. The van der Waals surface area contributed by atoms with Crippen molar-refractivity contribution < 1.29 is 0 Å². The second kappa shape index (κ2) is 6.79. The predicted octanol–water partition coefficient (Wildman–Crippen LogP) is 2.95. The Morgan fingerprint density at radius 2 is 2.00 bits per heavy atom. The maximum absolute atomic E-state index is 12.1. The van der Waals surface area contributed by atoms with E-state index in [4.69, 9.17) is 0 Å². The van der Waals surface area contributed by atoms with E-state index < -0.39 is 0 Å². The van der Waals surface area contributed by atoms with Gasteiger partial charge >= 0.3 is 5.69 Å². The van der Waals surface area contributed by atoms with Crippen molar-refractivity contribution >= 4 is 28.0 Å². The number of imidazole rings is 1. The Labute approximate surface area is 135 Å². The number of aromatic nitrogens is 2. The second-order valence-corrected chi connectivity index (χ2v) is 5.75. The molecule has 0 unspecified atom stereocenters. The molecule has 3 rings (SSSR count). The van der Waals surface area contributed by atoms with Crippen LogP contribution in [0.2, 0.25) is 0 Å². The van der Waals surface area contributed by atoms with Crippen LogP contribution in [-0.2, 0) is 13.0 Å². The largest absolute Gasteiger partial charge is 0.326 e. The molecule has 0 fully saturated rings. The molecule has 0 spiro atoms. The molecule has 1 aromatic carbocycles. The first-order valence-corrected chi connectivity index (χ1v) is 7.69. The maximum atomic E-state index is 12.1. The molecule has 1 aromatic heterocycles. The van der Waals surface area contributed by atoms with Crippen molar-refractivity contribution in [1.82, 2.24) is 14.5 Å². The molecular formula is C16H24BrN3O. The predicted molar refractivity (Wildman–Crippen MR) is 92.5 cm³/mol. The van der Waals surface area contributed by atoms with Gasteiger partial charge in [-0.25, -0.2) is 4.79 Å². The first-order valence-electron chi connectivity index (χ1n) is 7.69. The summed E-state index contributed by atoms with van der Waals surface area (Å²) in [6.07, 6.45) is 3.37. The van der Waals surface area contributed by atoms with Gasteiger partial charge < -0.3 is 4.98 Å². The highest BCUT2D eigenvalue weighted by molar-refractivity contribution is 8.93. The van der Waals surface area contributed by atoms with Gasteiger partial charge in [-0.15, -0.1) is 17.0 Å². The quantitative estimate of drug-likeness (QED) is 0.897. The molecule has 0 bridgehead atoms. The fourth-order valence-corrected chi connectivity index (χ4v) is 3.46. The number of benzene rings is 1. The maximum Gasteiger partial charge on any atom is 0.326 e. The van der Waals surface area contributed by atoms with E-state index in [1.807, 2.05) is 16.7 Å². The summed E-state index contributed by atoms with van der Waals surface area (Å²) in [4.78, 5) is 17.6. The van der Waals surface area contributed by atoms with Gasteiger partial charge in [0, 0.05) is 12.6 Å². The van der Waals surface area contributed by atoms with Crippen LogP contribution < -0.4 is 5.69 Å². The molecule has 4 nitrogen and oxygen atoms in total. The summed E-state index contributed by atoms with van der Waals surface area (Å²) in [5.41, 5.74) is 3.42.